The van der Waals surface area contributed by atoms with Gasteiger partial charge in [0.2, 0.25) is 5.95 Å². The summed E-state index contributed by atoms with van der Waals surface area (Å²) in [6.45, 7) is 0.857. The van der Waals surface area contributed by atoms with Crippen molar-refractivity contribution in [2.45, 2.75) is 56.4 Å². The molecule has 2 fully saturated rings. The Morgan fingerprint density at radius 2 is 2.08 bits per heavy atom. The number of nitrogens with zero attached hydrogens (tertiary/aromatic N) is 2. The first kappa shape index (κ1) is 18.8. The zero-order valence-corrected chi connectivity index (χ0v) is 15.0. The minimum Gasteiger partial charge on any atom is -0.391 e. The lowest BCUT2D eigenvalue weighted by Gasteiger charge is -2.30. The monoisotopic (exact) mass is 365 g/mol. The van der Waals surface area contributed by atoms with Crippen molar-refractivity contribution in [1.29, 1.82) is 0 Å². The zero-order chi connectivity index (χ0) is 18.5. The van der Waals surface area contributed by atoms with Gasteiger partial charge in [-0.3, -0.25) is 4.79 Å². The third-order valence-electron chi connectivity index (χ3n) is 5.04. The molecule has 0 bridgehead atoms. The first-order valence-corrected chi connectivity index (χ1v) is 9.05. The smallest absolute Gasteiger partial charge is 0.254 e. The van der Waals surface area contributed by atoms with E-state index < -0.39 is 12.0 Å². The van der Waals surface area contributed by atoms with Crippen molar-refractivity contribution in [1.82, 2.24) is 9.97 Å². The van der Waals surface area contributed by atoms with Gasteiger partial charge in [-0.1, -0.05) is 0 Å². The van der Waals surface area contributed by atoms with Gasteiger partial charge in [0, 0.05) is 26.0 Å². The minimum atomic E-state index is -0.620. The first-order valence-electron chi connectivity index (χ1n) is 9.05. The average Bonchev–Trinajstić information content (AvgIpc) is 2.64. The molecule has 26 heavy (non-hydrogen) atoms. The fourth-order valence-electron chi connectivity index (χ4n) is 3.41. The number of nitrogens with two attached hydrogens (primary N) is 1. The highest BCUT2D eigenvalue weighted by atomic mass is 16.5. The maximum Gasteiger partial charge on any atom is 0.254 e. The van der Waals surface area contributed by atoms with E-state index in [0.717, 1.165) is 25.7 Å². The van der Waals surface area contributed by atoms with E-state index >= 15 is 0 Å². The lowest BCUT2D eigenvalue weighted by molar-refractivity contribution is 0.00301. The van der Waals surface area contributed by atoms with Crippen LogP contribution in [0.4, 0.5) is 11.8 Å². The topological polar surface area (TPSA) is 132 Å². The van der Waals surface area contributed by atoms with Gasteiger partial charge in [-0.15, -0.1) is 0 Å². The van der Waals surface area contributed by atoms with Crippen LogP contribution in [0.1, 0.15) is 42.5 Å². The van der Waals surface area contributed by atoms with Crippen LogP contribution in [0.5, 0.6) is 0 Å². The molecule has 1 aromatic heterocycles. The summed E-state index contributed by atoms with van der Waals surface area (Å²) in [7, 11) is 1.74. The Morgan fingerprint density at radius 3 is 2.73 bits per heavy atom. The SMILES string of the molecule is COC1CCC(Nc2ncc(C(N)=O)c(NC3COCCC3O)n2)CC1. The van der Waals surface area contributed by atoms with Gasteiger partial charge in [-0.05, 0) is 32.1 Å². The van der Waals surface area contributed by atoms with E-state index in [-0.39, 0.29) is 17.6 Å². The molecular weight excluding hydrogens is 338 g/mol. The maximum absolute atomic E-state index is 11.7. The second kappa shape index (κ2) is 8.61. The Balaban J connectivity index is 1.70. The van der Waals surface area contributed by atoms with Crippen molar-refractivity contribution in [3.05, 3.63) is 11.8 Å². The Labute approximate surface area is 152 Å². The molecule has 5 N–H and O–H groups in total. The van der Waals surface area contributed by atoms with Crippen molar-refractivity contribution in [2.24, 2.45) is 5.73 Å². The molecule has 1 saturated carbocycles. The molecule has 144 valence electrons. The molecule has 1 aromatic rings. The van der Waals surface area contributed by atoms with Crippen LogP contribution >= 0.6 is 0 Å². The quantitative estimate of drug-likeness (QED) is 0.573. The molecule has 0 spiro atoms. The molecule has 1 saturated heterocycles. The van der Waals surface area contributed by atoms with Crippen molar-refractivity contribution in [3.8, 4) is 0 Å². The van der Waals surface area contributed by atoms with E-state index in [1.807, 2.05) is 0 Å². The molecule has 2 heterocycles. The number of carbonyl (C=O) groups is 1. The molecule has 9 heteroatoms. The fourth-order valence-corrected chi connectivity index (χ4v) is 3.41. The summed E-state index contributed by atoms with van der Waals surface area (Å²) in [5, 5.41) is 16.5. The number of methoxy groups -OCH3 is 1. The molecule has 2 unspecified atom stereocenters. The summed E-state index contributed by atoms with van der Waals surface area (Å²) in [4.78, 5) is 20.3. The second-order valence-corrected chi connectivity index (χ2v) is 6.86. The lowest BCUT2D eigenvalue weighted by Crippen LogP contribution is -2.43. The van der Waals surface area contributed by atoms with Crippen molar-refractivity contribution in [2.75, 3.05) is 31.0 Å². The lowest BCUT2D eigenvalue weighted by atomic mass is 9.93. The van der Waals surface area contributed by atoms with Gasteiger partial charge in [-0.2, -0.15) is 4.98 Å². The molecule has 2 atom stereocenters. The summed E-state index contributed by atoms with van der Waals surface area (Å²) < 4.78 is 10.8. The van der Waals surface area contributed by atoms with Crippen molar-refractivity contribution < 1.29 is 19.4 Å². The first-order chi connectivity index (χ1) is 12.6. The summed E-state index contributed by atoms with van der Waals surface area (Å²) >= 11 is 0. The van der Waals surface area contributed by atoms with Crippen molar-refractivity contribution in [3.63, 3.8) is 0 Å². The summed E-state index contributed by atoms with van der Waals surface area (Å²) in [6.07, 6.45) is 5.61. The third kappa shape index (κ3) is 4.60. The molecule has 3 rings (SSSR count). The number of rotatable bonds is 6. The number of primary amides is 1. The number of ether oxygens (including phenoxy) is 2. The highest BCUT2D eigenvalue weighted by Crippen LogP contribution is 2.24. The molecule has 0 aromatic carbocycles. The summed E-state index contributed by atoms with van der Waals surface area (Å²) in [5.41, 5.74) is 5.62. The Morgan fingerprint density at radius 1 is 1.31 bits per heavy atom. The number of aromatic nitrogens is 2. The molecular formula is C17H27N5O4. The molecule has 9 nitrogen and oxygen atoms in total. The molecule has 1 amide bonds. The van der Waals surface area contributed by atoms with Crippen LogP contribution < -0.4 is 16.4 Å². The normalized spacial score (nSPS) is 29.2. The third-order valence-corrected chi connectivity index (χ3v) is 5.04. The Bertz CT molecular complexity index is 621. The molecule has 2 aliphatic rings. The fraction of sp³-hybridized carbons (Fsp3) is 0.706. The van der Waals surface area contributed by atoms with Crippen LogP contribution in [-0.2, 0) is 9.47 Å². The van der Waals surface area contributed by atoms with Gasteiger partial charge in [0.15, 0.2) is 0 Å². The van der Waals surface area contributed by atoms with Crippen LogP contribution in [0.15, 0.2) is 6.20 Å². The predicted octanol–water partition coefficient (Wildman–Crippen LogP) is 0.507. The zero-order valence-electron chi connectivity index (χ0n) is 15.0. The highest BCUT2D eigenvalue weighted by Gasteiger charge is 2.26. The highest BCUT2D eigenvalue weighted by molar-refractivity contribution is 5.97. The maximum atomic E-state index is 11.7. The second-order valence-electron chi connectivity index (χ2n) is 6.86. The Hall–Kier alpha value is -1.97. The molecule has 1 aliphatic heterocycles. The average molecular weight is 365 g/mol. The van der Waals surface area contributed by atoms with Gasteiger partial charge in [0.25, 0.3) is 5.91 Å². The van der Waals surface area contributed by atoms with E-state index in [1.165, 1.54) is 6.20 Å². The number of nitrogens with one attached hydrogen (secondary N) is 2. The van der Waals surface area contributed by atoms with Gasteiger partial charge in [0.05, 0.1) is 30.4 Å². The van der Waals surface area contributed by atoms with Crippen LogP contribution in [0.2, 0.25) is 0 Å². The Kier molecular flexibility index (Phi) is 6.23. The van der Waals surface area contributed by atoms with Crippen LogP contribution in [-0.4, -0.2) is 65.6 Å². The van der Waals surface area contributed by atoms with E-state index in [1.54, 1.807) is 7.11 Å². The predicted molar refractivity (Wildman–Crippen MR) is 96.1 cm³/mol. The number of carbonyl (C=O) groups excluding carboxylic acids is 1. The van der Waals surface area contributed by atoms with Gasteiger partial charge >= 0.3 is 0 Å². The number of anilines is 2. The summed E-state index contributed by atoms with van der Waals surface area (Å²) in [5.74, 6) is 0.130. The van der Waals surface area contributed by atoms with Crippen LogP contribution in [0.3, 0.4) is 0 Å². The molecule has 1 aliphatic carbocycles. The van der Waals surface area contributed by atoms with Gasteiger partial charge in [-0.25, -0.2) is 4.98 Å². The van der Waals surface area contributed by atoms with Crippen molar-refractivity contribution >= 4 is 17.7 Å². The van der Waals surface area contributed by atoms with E-state index in [4.69, 9.17) is 15.2 Å². The molecule has 0 radical (unpaired) electrons. The van der Waals surface area contributed by atoms with E-state index in [0.29, 0.717) is 37.5 Å². The summed E-state index contributed by atoms with van der Waals surface area (Å²) in [6, 6.07) is -0.0842. The van der Waals surface area contributed by atoms with Gasteiger partial charge < -0.3 is 30.9 Å². The van der Waals surface area contributed by atoms with Gasteiger partial charge in [0.1, 0.15) is 5.82 Å². The number of hydrogen-bond donors (Lipinski definition) is 4. The van der Waals surface area contributed by atoms with E-state index in [2.05, 4.69) is 20.6 Å². The number of amides is 1. The largest absolute Gasteiger partial charge is 0.391 e. The number of aliphatic hydroxyl groups is 1. The standard InChI is InChI=1S/C17H27N5O4/c1-25-11-4-2-10(3-5-11)20-17-19-8-12(15(18)24)16(22-17)21-13-9-26-7-6-14(13)23/h8,10-11,13-14,23H,2-7,9H2,1H3,(H2,18,24)(H2,19,20,21,22). The number of hydrogen-bond acceptors (Lipinski definition) is 8. The number of aliphatic hydroxyl groups excluding tert-OH is 1. The van der Waals surface area contributed by atoms with Crippen LogP contribution in [0.25, 0.3) is 0 Å². The van der Waals surface area contributed by atoms with E-state index in [9.17, 15) is 9.90 Å². The minimum absolute atomic E-state index is 0.191. The van der Waals surface area contributed by atoms with Crippen LogP contribution in [0, 0.1) is 0 Å².